The standard InChI is InChI=1S/C17H16N2O2/c1-10(2)15-9-11(20)7-8-13(15)16-12-5-3-4-6-14(12)17(21)19-18-16/h3-10,20H,1-2H3,(H,19,21). The molecule has 0 amide bonds. The monoisotopic (exact) mass is 280 g/mol. The topological polar surface area (TPSA) is 66.0 Å². The van der Waals surface area contributed by atoms with E-state index in [1.807, 2.05) is 24.3 Å². The van der Waals surface area contributed by atoms with Gasteiger partial charge in [-0.25, -0.2) is 5.10 Å². The van der Waals surface area contributed by atoms with E-state index in [4.69, 9.17) is 0 Å². The third kappa shape index (κ3) is 2.29. The molecule has 0 bridgehead atoms. The van der Waals surface area contributed by atoms with Crippen LogP contribution in [0.2, 0.25) is 0 Å². The lowest BCUT2D eigenvalue weighted by Crippen LogP contribution is -2.10. The predicted molar refractivity (Wildman–Crippen MR) is 83.6 cm³/mol. The number of aromatic amines is 1. The second-order valence-corrected chi connectivity index (χ2v) is 5.37. The highest BCUT2D eigenvalue weighted by Gasteiger charge is 2.14. The van der Waals surface area contributed by atoms with E-state index in [1.165, 1.54) is 0 Å². The van der Waals surface area contributed by atoms with Gasteiger partial charge in [-0.2, -0.15) is 5.10 Å². The van der Waals surface area contributed by atoms with E-state index < -0.39 is 0 Å². The Morgan fingerprint density at radius 1 is 1.10 bits per heavy atom. The van der Waals surface area contributed by atoms with Crippen molar-refractivity contribution in [1.82, 2.24) is 10.2 Å². The van der Waals surface area contributed by atoms with Crippen LogP contribution >= 0.6 is 0 Å². The predicted octanol–water partition coefficient (Wildman–Crippen LogP) is 3.42. The van der Waals surface area contributed by atoms with Gasteiger partial charge in [-0.15, -0.1) is 0 Å². The Morgan fingerprint density at radius 3 is 2.52 bits per heavy atom. The fourth-order valence-electron chi connectivity index (χ4n) is 2.56. The average Bonchev–Trinajstić information content (AvgIpc) is 2.48. The fraction of sp³-hybridized carbons (Fsp3) is 0.176. The quantitative estimate of drug-likeness (QED) is 0.756. The van der Waals surface area contributed by atoms with Gasteiger partial charge < -0.3 is 5.11 Å². The number of fused-ring (bicyclic) bond motifs is 1. The van der Waals surface area contributed by atoms with Gasteiger partial charge >= 0.3 is 0 Å². The molecule has 106 valence electrons. The van der Waals surface area contributed by atoms with Gasteiger partial charge in [-0.1, -0.05) is 32.0 Å². The number of aromatic nitrogens is 2. The summed E-state index contributed by atoms with van der Waals surface area (Å²) in [5.41, 5.74) is 2.46. The lowest BCUT2D eigenvalue weighted by atomic mass is 9.93. The highest BCUT2D eigenvalue weighted by atomic mass is 16.3. The van der Waals surface area contributed by atoms with Crippen LogP contribution in [0.5, 0.6) is 5.75 Å². The molecule has 0 aliphatic carbocycles. The minimum atomic E-state index is -0.195. The molecule has 4 nitrogen and oxygen atoms in total. The first kappa shape index (κ1) is 13.4. The molecular formula is C17H16N2O2. The lowest BCUT2D eigenvalue weighted by Gasteiger charge is -2.14. The Morgan fingerprint density at radius 2 is 1.81 bits per heavy atom. The minimum absolute atomic E-state index is 0.195. The second kappa shape index (κ2) is 5.05. The van der Waals surface area contributed by atoms with Crippen molar-refractivity contribution in [3.8, 4) is 17.0 Å². The van der Waals surface area contributed by atoms with Crippen molar-refractivity contribution in [2.75, 3.05) is 0 Å². The van der Waals surface area contributed by atoms with Crippen LogP contribution in [0, 0.1) is 0 Å². The molecular weight excluding hydrogens is 264 g/mol. The molecule has 0 radical (unpaired) electrons. The Bertz CT molecular complexity index is 866. The summed E-state index contributed by atoms with van der Waals surface area (Å²) in [6, 6.07) is 12.6. The summed E-state index contributed by atoms with van der Waals surface area (Å²) in [4.78, 5) is 11.9. The van der Waals surface area contributed by atoms with E-state index in [-0.39, 0.29) is 17.2 Å². The summed E-state index contributed by atoms with van der Waals surface area (Å²) in [7, 11) is 0. The van der Waals surface area contributed by atoms with Gasteiger partial charge in [0.1, 0.15) is 5.75 Å². The van der Waals surface area contributed by atoms with Crippen LogP contribution < -0.4 is 5.56 Å². The summed E-state index contributed by atoms with van der Waals surface area (Å²) in [6.45, 7) is 4.12. The zero-order valence-electron chi connectivity index (χ0n) is 11.9. The van der Waals surface area contributed by atoms with Crippen molar-refractivity contribution >= 4 is 10.8 Å². The molecule has 2 aromatic carbocycles. The number of rotatable bonds is 2. The first-order chi connectivity index (χ1) is 10.1. The minimum Gasteiger partial charge on any atom is -0.508 e. The molecule has 0 aliphatic heterocycles. The molecule has 0 fully saturated rings. The lowest BCUT2D eigenvalue weighted by molar-refractivity contribution is 0.474. The van der Waals surface area contributed by atoms with Crippen LogP contribution in [0.1, 0.15) is 25.3 Å². The zero-order chi connectivity index (χ0) is 15.0. The molecule has 0 atom stereocenters. The van der Waals surface area contributed by atoms with Crippen LogP contribution in [-0.2, 0) is 0 Å². The van der Waals surface area contributed by atoms with Gasteiger partial charge in [-0.05, 0) is 35.7 Å². The summed E-state index contributed by atoms with van der Waals surface area (Å²) < 4.78 is 0. The van der Waals surface area contributed by atoms with E-state index in [2.05, 4.69) is 24.0 Å². The molecule has 21 heavy (non-hydrogen) atoms. The summed E-state index contributed by atoms with van der Waals surface area (Å²) >= 11 is 0. The van der Waals surface area contributed by atoms with Crippen molar-refractivity contribution in [2.24, 2.45) is 0 Å². The summed E-state index contributed by atoms with van der Waals surface area (Å²) in [6.07, 6.45) is 0. The number of hydrogen-bond donors (Lipinski definition) is 2. The number of nitrogens with zero attached hydrogens (tertiary/aromatic N) is 1. The van der Waals surface area contributed by atoms with Crippen molar-refractivity contribution in [3.05, 3.63) is 58.4 Å². The van der Waals surface area contributed by atoms with Crippen LogP contribution in [0.4, 0.5) is 0 Å². The number of nitrogens with one attached hydrogen (secondary N) is 1. The summed E-state index contributed by atoms with van der Waals surface area (Å²) in [5.74, 6) is 0.468. The van der Waals surface area contributed by atoms with Crippen molar-refractivity contribution in [2.45, 2.75) is 19.8 Å². The highest BCUT2D eigenvalue weighted by molar-refractivity contribution is 5.94. The molecule has 3 rings (SSSR count). The Labute approximate surface area is 122 Å². The first-order valence-electron chi connectivity index (χ1n) is 6.88. The summed E-state index contributed by atoms with van der Waals surface area (Å²) in [5, 5.41) is 17.9. The number of aromatic hydroxyl groups is 1. The van der Waals surface area contributed by atoms with Crippen molar-refractivity contribution in [3.63, 3.8) is 0 Å². The van der Waals surface area contributed by atoms with Gasteiger partial charge in [-0.3, -0.25) is 4.79 Å². The molecule has 1 aromatic heterocycles. The molecule has 0 unspecified atom stereocenters. The zero-order valence-corrected chi connectivity index (χ0v) is 11.9. The van der Waals surface area contributed by atoms with Crippen LogP contribution in [-0.4, -0.2) is 15.3 Å². The molecule has 0 saturated carbocycles. The molecule has 3 aromatic rings. The maximum atomic E-state index is 11.9. The van der Waals surface area contributed by atoms with Crippen molar-refractivity contribution in [1.29, 1.82) is 0 Å². The molecule has 0 spiro atoms. The molecule has 1 heterocycles. The van der Waals surface area contributed by atoms with E-state index in [1.54, 1.807) is 18.2 Å². The molecule has 4 heteroatoms. The maximum Gasteiger partial charge on any atom is 0.272 e. The smallest absolute Gasteiger partial charge is 0.272 e. The number of benzene rings is 2. The number of phenolic OH excluding ortho intramolecular Hbond substituents is 1. The van der Waals surface area contributed by atoms with Crippen molar-refractivity contribution < 1.29 is 5.11 Å². The van der Waals surface area contributed by atoms with Crippen LogP contribution in [0.15, 0.2) is 47.3 Å². The van der Waals surface area contributed by atoms with Gasteiger partial charge in [0.25, 0.3) is 5.56 Å². The fourth-order valence-corrected chi connectivity index (χ4v) is 2.56. The van der Waals surface area contributed by atoms with E-state index >= 15 is 0 Å². The Hall–Kier alpha value is -2.62. The SMILES string of the molecule is CC(C)c1cc(O)ccc1-c1n[nH]c(=O)c2ccccc12. The normalized spacial score (nSPS) is 11.2. The Balaban J connectivity index is 2.37. The number of hydrogen-bond acceptors (Lipinski definition) is 3. The van der Waals surface area contributed by atoms with Gasteiger partial charge in [0.05, 0.1) is 11.1 Å². The van der Waals surface area contributed by atoms with Gasteiger partial charge in [0.2, 0.25) is 0 Å². The Kier molecular flexibility index (Phi) is 3.22. The largest absolute Gasteiger partial charge is 0.508 e. The third-order valence-corrected chi connectivity index (χ3v) is 3.61. The van der Waals surface area contributed by atoms with E-state index in [9.17, 15) is 9.90 Å². The second-order valence-electron chi connectivity index (χ2n) is 5.37. The highest BCUT2D eigenvalue weighted by Crippen LogP contribution is 2.33. The van der Waals surface area contributed by atoms with Crippen LogP contribution in [0.25, 0.3) is 22.0 Å². The van der Waals surface area contributed by atoms with Crippen LogP contribution in [0.3, 0.4) is 0 Å². The third-order valence-electron chi connectivity index (χ3n) is 3.61. The number of phenols is 1. The maximum absolute atomic E-state index is 11.9. The van der Waals surface area contributed by atoms with E-state index in [0.717, 1.165) is 22.2 Å². The van der Waals surface area contributed by atoms with Gasteiger partial charge in [0.15, 0.2) is 0 Å². The molecule has 2 N–H and O–H groups in total. The van der Waals surface area contributed by atoms with E-state index in [0.29, 0.717) is 5.39 Å². The molecule has 0 aliphatic rings. The van der Waals surface area contributed by atoms with Gasteiger partial charge in [0, 0.05) is 10.9 Å². The average molecular weight is 280 g/mol. The first-order valence-corrected chi connectivity index (χ1v) is 6.88. The number of H-pyrrole nitrogens is 1. The molecule has 0 saturated heterocycles.